The number of carbonyl (C=O) groups is 2. The van der Waals surface area contributed by atoms with Crippen LogP contribution in [0.2, 0.25) is 0 Å². The van der Waals surface area contributed by atoms with Crippen LogP contribution in [0.25, 0.3) is 0 Å². The number of anilines is 2. The number of piperidine rings is 1. The first-order valence-corrected chi connectivity index (χ1v) is 9.16. The Labute approximate surface area is 158 Å². The normalized spacial score (nSPS) is 13.9. The number of nitrogens with one attached hydrogen (secondary N) is 1. The molecule has 0 aliphatic carbocycles. The van der Waals surface area contributed by atoms with E-state index in [0.29, 0.717) is 5.69 Å². The van der Waals surface area contributed by atoms with E-state index in [0.717, 1.165) is 18.8 Å². The Morgan fingerprint density at radius 3 is 2.41 bits per heavy atom. The fourth-order valence-electron chi connectivity index (χ4n) is 3.10. The van der Waals surface area contributed by atoms with Gasteiger partial charge in [-0.15, -0.1) is 0 Å². The Hall–Kier alpha value is -2.89. The summed E-state index contributed by atoms with van der Waals surface area (Å²) in [5, 5.41) is 2.69. The van der Waals surface area contributed by atoms with Crippen molar-refractivity contribution in [2.75, 3.05) is 29.9 Å². The van der Waals surface area contributed by atoms with Crippen LogP contribution in [0, 0.1) is 5.82 Å². The fourth-order valence-corrected chi connectivity index (χ4v) is 3.10. The van der Waals surface area contributed by atoms with Crippen molar-refractivity contribution < 1.29 is 18.7 Å². The lowest BCUT2D eigenvalue weighted by molar-refractivity contribution is -0.146. The summed E-state index contributed by atoms with van der Waals surface area (Å²) in [4.78, 5) is 26.0. The zero-order valence-electron chi connectivity index (χ0n) is 15.1. The summed E-state index contributed by atoms with van der Waals surface area (Å²) in [6.07, 6.45) is 3.48. The Morgan fingerprint density at radius 1 is 1.00 bits per heavy atom. The number of halogens is 1. The maximum Gasteiger partial charge on any atom is 0.310 e. The topological polar surface area (TPSA) is 58.6 Å². The molecule has 1 aliphatic rings. The van der Waals surface area contributed by atoms with E-state index in [4.69, 9.17) is 4.74 Å². The standard InChI is InChI=1S/C21H23FN2O3/c22-19-7-3-2-6-16(19)14-21(26)27-15-20(25)23-17-8-10-18(11-9-17)24-12-4-1-5-13-24/h2-3,6-11H,1,4-5,12-15H2,(H,23,25). The van der Waals surface area contributed by atoms with Gasteiger partial charge < -0.3 is 15.0 Å². The summed E-state index contributed by atoms with van der Waals surface area (Å²) >= 11 is 0. The van der Waals surface area contributed by atoms with Gasteiger partial charge in [0, 0.05) is 24.5 Å². The lowest BCUT2D eigenvalue weighted by Crippen LogP contribution is -2.29. The molecule has 0 radical (unpaired) electrons. The van der Waals surface area contributed by atoms with Gasteiger partial charge in [0.15, 0.2) is 6.61 Å². The highest BCUT2D eigenvalue weighted by atomic mass is 19.1. The number of hydrogen-bond donors (Lipinski definition) is 1. The molecule has 0 atom stereocenters. The van der Waals surface area contributed by atoms with Gasteiger partial charge in [0.05, 0.1) is 6.42 Å². The molecule has 2 aromatic carbocycles. The molecule has 1 heterocycles. The highest BCUT2D eigenvalue weighted by molar-refractivity contribution is 5.93. The van der Waals surface area contributed by atoms with E-state index in [-0.39, 0.29) is 12.0 Å². The van der Waals surface area contributed by atoms with Crippen LogP contribution in [0.4, 0.5) is 15.8 Å². The maximum atomic E-state index is 13.5. The summed E-state index contributed by atoms with van der Waals surface area (Å²) in [6.45, 7) is 1.72. The summed E-state index contributed by atoms with van der Waals surface area (Å²) in [5.41, 5.74) is 2.03. The van der Waals surface area contributed by atoms with Gasteiger partial charge in [0.25, 0.3) is 5.91 Å². The Balaban J connectivity index is 1.45. The number of amides is 1. The minimum absolute atomic E-state index is 0.204. The van der Waals surface area contributed by atoms with E-state index in [1.807, 2.05) is 24.3 Å². The monoisotopic (exact) mass is 370 g/mol. The zero-order chi connectivity index (χ0) is 19.1. The van der Waals surface area contributed by atoms with E-state index in [1.165, 1.54) is 31.4 Å². The van der Waals surface area contributed by atoms with Gasteiger partial charge >= 0.3 is 5.97 Å². The molecular weight excluding hydrogens is 347 g/mol. The van der Waals surface area contributed by atoms with Crippen molar-refractivity contribution in [3.8, 4) is 0 Å². The largest absolute Gasteiger partial charge is 0.455 e. The number of esters is 1. The van der Waals surface area contributed by atoms with Crippen LogP contribution < -0.4 is 10.2 Å². The number of ether oxygens (including phenoxy) is 1. The Bertz CT molecular complexity index is 786. The van der Waals surface area contributed by atoms with E-state index in [1.54, 1.807) is 12.1 Å². The second-order valence-electron chi connectivity index (χ2n) is 6.57. The first-order chi connectivity index (χ1) is 13.1. The molecule has 0 spiro atoms. The van der Waals surface area contributed by atoms with Gasteiger partial charge in [0.2, 0.25) is 0 Å². The average Bonchev–Trinajstić information content (AvgIpc) is 2.69. The summed E-state index contributed by atoms with van der Waals surface area (Å²) < 4.78 is 18.4. The number of benzene rings is 2. The molecule has 142 valence electrons. The fraction of sp³-hybridized carbons (Fsp3) is 0.333. The van der Waals surface area contributed by atoms with Gasteiger partial charge in [-0.05, 0) is 55.2 Å². The molecule has 1 N–H and O–H groups in total. The molecule has 1 fully saturated rings. The molecule has 5 nitrogen and oxygen atoms in total. The summed E-state index contributed by atoms with van der Waals surface area (Å²) in [6, 6.07) is 13.6. The molecule has 0 unspecified atom stereocenters. The van der Waals surface area contributed by atoms with Gasteiger partial charge in [-0.2, -0.15) is 0 Å². The molecule has 1 aliphatic heterocycles. The lowest BCUT2D eigenvalue weighted by Gasteiger charge is -2.28. The van der Waals surface area contributed by atoms with Crippen LogP contribution in [0.15, 0.2) is 48.5 Å². The number of rotatable bonds is 6. The van der Waals surface area contributed by atoms with Gasteiger partial charge in [0.1, 0.15) is 5.82 Å². The Morgan fingerprint density at radius 2 is 1.70 bits per heavy atom. The smallest absolute Gasteiger partial charge is 0.310 e. The van der Waals surface area contributed by atoms with Crippen LogP contribution in [-0.2, 0) is 20.7 Å². The van der Waals surface area contributed by atoms with Crippen LogP contribution in [-0.4, -0.2) is 31.6 Å². The lowest BCUT2D eigenvalue weighted by atomic mass is 10.1. The van der Waals surface area contributed by atoms with Crippen molar-refractivity contribution in [2.45, 2.75) is 25.7 Å². The predicted molar refractivity (Wildman–Crippen MR) is 102 cm³/mol. The van der Waals surface area contributed by atoms with Crippen molar-refractivity contribution in [3.63, 3.8) is 0 Å². The second kappa shape index (κ2) is 9.16. The third-order valence-electron chi connectivity index (χ3n) is 4.53. The number of carbonyl (C=O) groups excluding carboxylic acids is 2. The van der Waals surface area contributed by atoms with Crippen LogP contribution in [0.1, 0.15) is 24.8 Å². The second-order valence-corrected chi connectivity index (χ2v) is 6.57. The van der Waals surface area contributed by atoms with Crippen molar-refractivity contribution in [3.05, 3.63) is 59.9 Å². The maximum absolute atomic E-state index is 13.5. The molecule has 0 bridgehead atoms. The zero-order valence-corrected chi connectivity index (χ0v) is 15.1. The van der Waals surface area contributed by atoms with Crippen molar-refractivity contribution in [1.29, 1.82) is 0 Å². The third-order valence-corrected chi connectivity index (χ3v) is 4.53. The van der Waals surface area contributed by atoms with Gasteiger partial charge in [-0.25, -0.2) is 4.39 Å². The van der Waals surface area contributed by atoms with Crippen molar-refractivity contribution in [1.82, 2.24) is 0 Å². The molecule has 6 heteroatoms. The summed E-state index contributed by atoms with van der Waals surface area (Å²) in [5.74, 6) is -1.54. The first-order valence-electron chi connectivity index (χ1n) is 9.16. The number of nitrogens with zero attached hydrogens (tertiary/aromatic N) is 1. The van der Waals surface area contributed by atoms with Crippen molar-refractivity contribution in [2.24, 2.45) is 0 Å². The highest BCUT2D eigenvalue weighted by Gasteiger charge is 2.13. The van der Waals surface area contributed by atoms with Crippen molar-refractivity contribution >= 4 is 23.3 Å². The average molecular weight is 370 g/mol. The number of hydrogen-bond acceptors (Lipinski definition) is 4. The SMILES string of the molecule is O=C(COC(=O)Cc1ccccc1F)Nc1ccc(N2CCCCC2)cc1. The van der Waals surface area contributed by atoms with Crippen LogP contribution in [0.3, 0.4) is 0 Å². The third kappa shape index (κ3) is 5.54. The Kier molecular flexibility index (Phi) is 6.41. The molecule has 0 aromatic heterocycles. The highest BCUT2D eigenvalue weighted by Crippen LogP contribution is 2.21. The molecular formula is C21H23FN2O3. The minimum atomic E-state index is -0.643. The van der Waals surface area contributed by atoms with Crippen LogP contribution in [0.5, 0.6) is 0 Å². The van der Waals surface area contributed by atoms with E-state index < -0.39 is 24.3 Å². The van der Waals surface area contributed by atoms with Gasteiger partial charge in [-0.3, -0.25) is 9.59 Å². The van der Waals surface area contributed by atoms with E-state index >= 15 is 0 Å². The van der Waals surface area contributed by atoms with Gasteiger partial charge in [-0.1, -0.05) is 18.2 Å². The van der Waals surface area contributed by atoms with E-state index in [9.17, 15) is 14.0 Å². The molecule has 0 saturated carbocycles. The van der Waals surface area contributed by atoms with E-state index in [2.05, 4.69) is 10.2 Å². The molecule has 3 rings (SSSR count). The molecule has 1 amide bonds. The predicted octanol–water partition coefficient (Wildman–Crippen LogP) is 3.54. The molecule has 2 aromatic rings. The molecule has 1 saturated heterocycles. The molecule has 27 heavy (non-hydrogen) atoms. The minimum Gasteiger partial charge on any atom is -0.455 e. The van der Waals surface area contributed by atoms with Crippen LogP contribution >= 0.6 is 0 Å². The first kappa shape index (κ1) is 18.9. The quantitative estimate of drug-likeness (QED) is 0.790. The summed E-state index contributed by atoms with van der Waals surface area (Å²) in [7, 11) is 0.